The molecule has 5 nitrogen and oxygen atoms in total. The number of rotatable bonds is 3. The molecule has 0 saturated heterocycles. The van der Waals surface area contributed by atoms with Gasteiger partial charge in [-0.3, -0.25) is 14.5 Å². The number of aryl methyl sites for hydroxylation is 1. The van der Waals surface area contributed by atoms with E-state index in [0.29, 0.717) is 30.9 Å². The van der Waals surface area contributed by atoms with Gasteiger partial charge in [-0.2, -0.15) is 0 Å². The van der Waals surface area contributed by atoms with Crippen molar-refractivity contribution in [3.8, 4) is 5.75 Å². The first kappa shape index (κ1) is 17.6. The van der Waals surface area contributed by atoms with Crippen LogP contribution in [0.25, 0.3) is 0 Å². The molecule has 4 rings (SSSR count). The van der Waals surface area contributed by atoms with Crippen molar-refractivity contribution in [1.29, 1.82) is 0 Å². The second-order valence-electron chi connectivity index (χ2n) is 7.24. The van der Waals surface area contributed by atoms with Gasteiger partial charge in [0.05, 0.1) is 5.69 Å². The van der Waals surface area contributed by atoms with Gasteiger partial charge in [-0.25, -0.2) is 0 Å². The maximum atomic E-state index is 13.0. The monoisotopic (exact) mass is 364 g/mol. The van der Waals surface area contributed by atoms with Gasteiger partial charge in [-0.1, -0.05) is 37.3 Å². The van der Waals surface area contributed by atoms with E-state index in [0.717, 1.165) is 12.0 Å². The van der Waals surface area contributed by atoms with Crippen molar-refractivity contribution in [1.82, 2.24) is 4.90 Å². The molecule has 2 aromatic carbocycles. The molecule has 2 amide bonds. The maximum Gasteiger partial charge on any atom is 0.268 e. The number of carbonyl (C=O) groups excluding carboxylic acids is 2. The standard InChI is InChI=1S/C22H24N2O3/c1-3-19-22(26)24(18-12-15(2)8-9-20(18)27-19)14-21(25)23-11-10-16-6-4-5-7-17(16)13-23/h4-9,12,19H,3,10-11,13-14H2,1-2H3/t19-/m1/s1. The van der Waals surface area contributed by atoms with Crippen LogP contribution in [0.2, 0.25) is 0 Å². The van der Waals surface area contributed by atoms with Gasteiger partial charge in [0.15, 0.2) is 6.10 Å². The highest BCUT2D eigenvalue weighted by Gasteiger charge is 2.35. The third kappa shape index (κ3) is 3.29. The van der Waals surface area contributed by atoms with Crippen LogP contribution in [0.1, 0.15) is 30.0 Å². The quantitative estimate of drug-likeness (QED) is 0.841. The van der Waals surface area contributed by atoms with Gasteiger partial charge in [0.25, 0.3) is 5.91 Å². The van der Waals surface area contributed by atoms with E-state index in [2.05, 4.69) is 12.1 Å². The summed E-state index contributed by atoms with van der Waals surface area (Å²) >= 11 is 0. The highest BCUT2D eigenvalue weighted by atomic mass is 16.5. The minimum absolute atomic E-state index is 0.0259. The van der Waals surface area contributed by atoms with Gasteiger partial charge in [0, 0.05) is 13.1 Å². The van der Waals surface area contributed by atoms with Gasteiger partial charge < -0.3 is 9.64 Å². The van der Waals surface area contributed by atoms with Crippen molar-refractivity contribution >= 4 is 17.5 Å². The molecule has 0 unspecified atom stereocenters. The van der Waals surface area contributed by atoms with Crippen LogP contribution in [-0.4, -0.2) is 35.9 Å². The van der Waals surface area contributed by atoms with Gasteiger partial charge >= 0.3 is 0 Å². The lowest BCUT2D eigenvalue weighted by molar-refractivity contribution is -0.134. The van der Waals surface area contributed by atoms with Gasteiger partial charge in [0.1, 0.15) is 12.3 Å². The van der Waals surface area contributed by atoms with E-state index in [4.69, 9.17) is 4.74 Å². The fourth-order valence-electron chi connectivity index (χ4n) is 3.80. The molecule has 1 atom stereocenters. The lowest BCUT2D eigenvalue weighted by Gasteiger charge is -2.36. The third-order valence-electron chi connectivity index (χ3n) is 5.36. The second kappa shape index (κ2) is 7.06. The molecular weight excluding hydrogens is 340 g/mol. The maximum absolute atomic E-state index is 13.0. The first-order valence-electron chi connectivity index (χ1n) is 9.50. The van der Waals surface area contributed by atoms with Crippen LogP contribution in [0.15, 0.2) is 42.5 Å². The zero-order valence-corrected chi connectivity index (χ0v) is 15.8. The summed E-state index contributed by atoms with van der Waals surface area (Å²) in [7, 11) is 0. The van der Waals surface area contributed by atoms with E-state index in [-0.39, 0.29) is 18.4 Å². The number of amides is 2. The van der Waals surface area contributed by atoms with Crippen molar-refractivity contribution in [3.63, 3.8) is 0 Å². The summed E-state index contributed by atoms with van der Waals surface area (Å²) in [5.74, 6) is 0.507. The van der Waals surface area contributed by atoms with Crippen molar-refractivity contribution in [3.05, 3.63) is 59.2 Å². The van der Waals surface area contributed by atoms with Crippen LogP contribution >= 0.6 is 0 Å². The minimum Gasteiger partial charge on any atom is -0.478 e. The fourth-order valence-corrected chi connectivity index (χ4v) is 3.80. The summed E-state index contributed by atoms with van der Waals surface area (Å²) in [6.07, 6.45) is 0.898. The van der Waals surface area contributed by atoms with Gasteiger partial charge in [-0.05, 0) is 48.6 Å². The Labute approximate surface area is 159 Å². The Balaban J connectivity index is 1.57. The Kier molecular flexibility index (Phi) is 4.60. The zero-order valence-electron chi connectivity index (χ0n) is 15.8. The summed E-state index contributed by atoms with van der Waals surface area (Å²) < 4.78 is 5.84. The molecule has 0 spiro atoms. The first-order valence-corrected chi connectivity index (χ1v) is 9.50. The summed E-state index contributed by atoms with van der Waals surface area (Å²) in [4.78, 5) is 29.3. The molecule has 0 saturated carbocycles. The fraction of sp³-hybridized carbons (Fsp3) is 0.364. The van der Waals surface area contributed by atoms with Crippen LogP contribution in [0.4, 0.5) is 5.69 Å². The molecule has 0 aliphatic carbocycles. The lowest BCUT2D eigenvalue weighted by Crippen LogP contribution is -2.51. The van der Waals surface area contributed by atoms with E-state index in [9.17, 15) is 9.59 Å². The summed E-state index contributed by atoms with van der Waals surface area (Å²) in [5, 5.41) is 0. The SMILES string of the molecule is CC[C@H]1Oc2ccc(C)cc2N(CC(=O)N2CCc3ccccc3C2)C1=O. The minimum atomic E-state index is -0.532. The number of benzene rings is 2. The average Bonchev–Trinajstić information content (AvgIpc) is 2.69. The second-order valence-corrected chi connectivity index (χ2v) is 7.24. The van der Waals surface area contributed by atoms with Crippen molar-refractivity contribution in [2.24, 2.45) is 0 Å². The topological polar surface area (TPSA) is 49.9 Å². The van der Waals surface area contributed by atoms with E-state index < -0.39 is 6.10 Å². The van der Waals surface area contributed by atoms with Crippen LogP contribution in [0.5, 0.6) is 5.75 Å². The van der Waals surface area contributed by atoms with E-state index in [1.807, 2.05) is 49.1 Å². The molecule has 27 heavy (non-hydrogen) atoms. The molecule has 0 fully saturated rings. The molecule has 0 N–H and O–H groups in total. The largest absolute Gasteiger partial charge is 0.478 e. The Morgan fingerprint density at radius 2 is 1.96 bits per heavy atom. The Hall–Kier alpha value is -2.82. The van der Waals surface area contributed by atoms with Crippen LogP contribution < -0.4 is 9.64 Å². The van der Waals surface area contributed by atoms with Crippen LogP contribution in [-0.2, 0) is 22.6 Å². The molecule has 2 aliphatic rings. The molecular formula is C22H24N2O3. The number of carbonyl (C=O) groups is 2. The van der Waals surface area contributed by atoms with Crippen LogP contribution in [0.3, 0.4) is 0 Å². The normalized spacial score (nSPS) is 18.6. The molecule has 2 aromatic rings. The van der Waals surface area contributed by atoms with E-state index >= 15 is 0 Å². The number of anilines is 1. The predicted molar refractivity (Wildman–Crippen MR) is 104 cm³/mol. The van der Waals surface area contributed by atoms with Crippen molar-refractivity contribution in [2.45, 2.75) is 39.3 Å². The van der Waals surface area contributed by atoms with Crippen molar-refractivity contribution < 1.29 is 14.3 Å². The zero-order chi connectivity index (χ0) is 19.0. The molecule has 0 radical (unpaired) electrons. The third-order valence-corrected chi connectivity index (χ3v) is 5.36. The lowest BCUT2D eigenvalue weighted by atomic mass is 10.00. The molecule has 0 bridgehead atoms. The van der Waals surface area contributed by atoms with Gasteiger partial charge in [0.2, 0.25) is 5.91 Å². The molecule has 0 aromatic heterocycles. The first-order chi connectivity index (χ1) is 13.1. The number of hydrogen-bond acceptors (Lipinski definition) is 3. The molecule has 5 heteroatoms. The number of hydrogen-bond donors (Lipinski definition) is 0. The summed E-state index contributed by atoms with van der Waals surface area (Å²) in [6, 6.07) is 14.0. The number of ether oxygens (including phenoxy) is 1. The van der Waals surface area contributed by atoms with Crippen LogP contribution in [0, 0.1) is 6.92 Å². The van der Waals surface area contributed by atoms with E-state index in [1.54, 1.807) is 4.90 Å². The highest BCUT2D eigenvalue weighted by Crippen LogP contribution is 2.35. The highest BCUT2D eigenvalue weighted by molar-refractivity contribution is 6.04. The molecule has 2 heterocycles. The summed E-state index contributed by atoms with van der Waals surface area (Å²) in [5.41, 5.74) is 4.21. The Morgan fingerprint density at radius 3 is 2.74 bits per heavy atom. The van der Waals surface area contributed by atoms with Crippen molar-refractivity contribution in [2.75, 3.05) is 18.0 Å². The Bertz CT molecular complexity index is 893. The Morgan fingerprint density at radius 1 is 1.19 bits per heavy atom. The van der Waals surface area contributed by atoms with E-state index in [1.165, 1.54) is 11.1 Å². The van der Waals surface area contributed by atoms with Gasteiger partial charge in [-0.15, -0.1) is 0 Å². The molecule has 140 valence electrons. The number of nitrogens with zero attached hydrogens (tertiary/aromatic N) is 2. The summed E-state index contributed by atoms with van der Waals surface area (Å²) in [6.45, 7) is 5.23. The smallest absolute Gasteiger partial charge is 0.268 e. The number of fused-ring (bicyclic) bond motifs is 2. The average molecular weight is 364 g/mol. The molecule has 2 aliphatic heterocycles. The predicted octanol–water partition coefficient (Wildman–Crippen LogP) is 3.08.